The summed E-state index contributed by atoms with van der Waals surface area (Å²) in [6.07, 6.45) is 6.11. The highest BCUT2D eigenvalue weighted by atomic mass is 32.2. The van der Waals surface area contributed by atoms with Gasteiger partial charge in [0.25, 0.3) is 0 Å². The average molecular weight is 481 g/mol. The third kappa shape index (κ3) is 4.75. The summed E-state index contributed by atoms with van der Waals surface area (Å²) in [4.78, 5) is 19.0. The number of carbonyl (C=O) groups is 1. The Hall–Kier alpha value is -3.41. The monoisotopic (exact) mass is 480 g/mol. The Bertz CT molecular complexity index is 1180. The maximum absolute atomic E-state index is 12.1. The molecule has 1 unspecified atom stereocenters. The lowest BCUT2D eigenvalue weighted by Gasteiger charge is -2.49. The van der Waals surface area contributed by atoms with Crippen molar-refractivity contribution in [2.45, 2.75) is 24.1 Å². The molecule has 176 valence electrons. The fourth-order valence-corrected chi connectivity index (χ4v) is 6.09. The van der Waals surface area contributed by atoms with Gasteiger partial charge in [-0.2, -0.15) is 0 Å². The van der Waals surface area contributed by atoms with Gasteiger partial charge in [-0.1, -0.05) is 103 Å². The summed E-state index contributed by atoms with van der Waals surface area (Å²) in [5.74, 6) is 0.570. The number of aromatic nitrogens is 1. The summed E-state index contributed by atoms with van der Waals surface area (Å²) < 4.78 is 5.56. The second-order valence-electron chi connectivity index (χ2n) is 8.71. The van der Waals surface area contributed by atoms with Crippen molar-refractivity contribution in [2.75, 3.05) is 13.1 Å². The average Bonchev–Trinajstić information content (AvgIpc) is 3.41. The molecule has 0 radical (unpaired) electrons. The summed E-state index contributed by atoms with van der Waals surface area (Å²) in [5.41, 5.74) is 4.29. The molecule has 4 nitrogen and oxygen atoms in total. The SMILES string of the molecule is CC(=O)SC1CCN(C(c2ccccc2)(c2ccccc2)c2ccccc2)CC1=Cc1ncco1. The first kappa shape index (κ1) is 23.3. The Balaban J connectivity index is 1.69. The lowest BCUT2D eigenvalue weighted by Crippen LogP contribution is -2.52. The molecule has 2 heterocycles. The largest absolute Gasteiger partial charge is 0.445 e. The first-order chi connectivity index (χ1) is 17.2. The minimum Gasteiger partial charge on any atom is -0.445 e. The van der Waals surface area contributed by atoms with E-state index >= 15 is 0 Å². The summed E-state index contributed by atoms with van der Waals surface area (Å²) in [5, 5.41) is 0.220. The lowest BCUT2D eigenvalue weighted by atomic mass is 9.74. The van der Waals surface area contributed by atoms with E-state index in [4.69, 9.17) is 4.42 Å². The topological polar surface area (TPSA) is 46.3 Å². The van der Waals surface area contributed by atoms with Crippen LogP contribution in [-0.4, -0.2) is 33.3 Å². The molecular weight excluding hydrogens is 452 g/mol. The van der Waals surface area contributed by atoms with Gasteiger partial charge >= 0.3 is 0 Å². The number of rotatable bonds is 6. The molecule has 1 aliphatic heterocycles. The minimum atomic E-state index is -0.495. The Labute approximate surface area is 210 Å². The first-order valence-corrected chi connectivity index (χ1v) is 12.7. The predicted octanol–water partition coefficient (Wildman–Crippen LogP) is 6.40. The number of carbonyl (C=O) groups excluding carboxylic acids is 1. The van der Waals surface area contributed by atoms with E-state index in [9.17, 15) is 4.79 Å². The molecule has 1 atom stereocenters. The number of hydrogen-bond donors (Lipinski definition) is 0. The van der Waals surface area contributed by atoms with E-state index < -0.39 is 5.54 Å². The second kappa shape index (κ2) is 10.5. The third-order valence-corrected chi connectivity index (χ3v) is 7.72. The number of hydrogen-bond acceptors (Lipinski definition) is 5. The van der Waals surface area contributed by atoms with Crippen molar-refractivity contribution in [1.29, 1.82) is 0 Å². The summed E-state index contributed by atoms with van der Waals surface area (Å²) in [6.45, 7) is 3.17. The van der Waals surface area contributed by atoms with E-state index in [1.807, 2.05) is 6.08 Å². The van der Waals surface area contributed by atoms with E-state index in [0.29, 0.717) is 12.4 Å². The van der Waals surface area contributed by atoms with E-state index in [1.165, 1.54) is 28.5 Å². The van der Waals surface area contributed by atoms with Gasteiger partial charge in [-0.15, -0.1) is 0 Å². The smallest absolute Gasteiger partial charge is 0.218 e. The van der Waals surface area contributed by atoms with Crippen molar-refractivity contribution >= 4 is 23.0 Å². The van der Waals surface area contributed by atoms with Gasteiger partial charge in [0.2, 0.25) is 5.89 Å². The predicted molar refractivity (Wildman–Crippen MR) is 142 cm³/mol. The highest BCUT2D eigenvalue weighted by molar-refractivity contribution is 8.14. The summed E-state index contributed by atoms with van der Waals surface area (Å²) in [6, 6.07) is 32.1. The number of piperidine rings is 1. The summed E-state index contributed by atoms with van der Waals surface area (Å²) >= 11 is 1.40. The van der Waals surface area contributed by atoms with Gasteiger partial charge in [-0.05, 0) is 28.7 Å². The van der Waals surface area contributed by atoms with Gasteiger partial charge in [0.15, 0.2) is 5.12 Å². The normalized spacial score (nSPS) is 18.0. The Morgan fingerprint density at radius 1 is 0.943 bits per heavy atom. The Morgan fingerprint density at radius 2 is 1.49 bits per heavy atom. The van der Waals surface area contributed by atoms with Gasteiger partial charge < -0.3 is 4.42 Å². The first-order valence-electron chi connectivity index (χ1n) is 11.9. The maximum atomic E-state index is 12.1. The molecule has 1 saturated heterocycles. The number of thioether (sulfide) groups is 1. The highest BCUT2D eigenvalue weighted by Crippen LogP contribution is 2.45. The molecule has 35 heavy (non-hydrogen) atoms. The molecule has 3 aromatic carbocycles. The van der Waals surface area contributed by atoms with E-state index in [1.54, 1.807) is 19.4 Å². The van der Waals surface area contributed by atoms with Crippen molar-refractivity contribution in [3.63, 3.8) is 0 Å². The van der Waals surface area contributed by atoms with E-state index in [0.717, 1.165) is 18.5 Å². The zero-order valence-corrected chi connectivity index (χ0v) is 20.5. The van der Waals surface area contributed by atoms with Crippen LogP contribution in [-0.2, 0) is 10.3 Å². The fraction of sp³-hybridized carbons (Fsp3) is 0.200. The van der Waals surface area contributed by atoms with Crippen molar-refractivity contribution in [2.24, 2.45) is 0 Å². The zero-order valence-electron chi connectivity index (χ0n) is 19.7. The van der Waals surface area contributed by atoms with Crippen LogP contribution in [0.3, 0.4) is 0 Å². The molecule has 0 amide bonds. The molecule has 0 saturated carbocycles. The van der Waals surface area contributed by atoms with Crippen LogP contribution in [0.1, 0.15) is 35.9 Å². The maximum Gasteiger partial charge on any atom is 0.218 e. The Morgan fingerprint density at radius 3 is 1.94 bits per heavy atom. The van der Waals surface area contributed by atoms with Crippen LogP contribution in [0.4, 0.5) is 0 Å². The number of nitrogens with zero attached hydrogens (tertiary/aromatic N) is 2. The van der Waals surface area contributed by atoms with Crippen molar-refractivity contribution in [3.8, 4) is 0 Å². The van der Waals surface area contributed by atoms with E-state index in [2.05, 4.69) is 101 Å². The number of benzene rings is 3. The number of oxazole rings is 1. The fourth-order valence-electron chi connectivity index (χ4n) is 5.17. The van der Waals surface area contributed by atoms with Gasteiger partial charge in [-0.25, -0.2) is 4.98 Å². The second-order valence-corrected chi connectivity index (χ2v) is 10.1. The minimum absolute atomic E-state index is 0.0932. The summed E-state index contributed by atoms with van der Waals surface area (Å²) in [7, 11) is 0. The van der Waals surface area contributed by atoms with Crippen molar-refractivity contribution in [3.05, 3.63) is 132 Å². The standard InChI is InChI=1S/C30H28N2O2S/c1-23(33)35-28-17-19-32(22-24(28)21-29-31-18-20-34-29)30(25-11-5-2-6-12-25,26-13-7-3-8-14-26)27-15-9-4-10-16-27/h2-16,18,20-21,28H,17,19,22H2,1H3. The molecule has 1 aromatic heterocycles. The van der Waals surface area contributed by atoms with Crippen LogP contribution in [0.5, 0.6) is 0 Å². The number of likely N-dealkylation sites (tertiary alicyclic amines) is 1. The molecule has 4 aromatic rings. The van der Waals surface area contributed by atoms with Crippen LogP contribution < -0.4 is 0 Å². The van der Waals surface area contributed by atoms with Crippen LogP contribution in [0.15, 0.2) is 113 Å². The highest BCUT2D eigenvalue weighted by Gasteiger charge is 2.44. The third-order valence-electron chi connectivity index (χ3n) is 6.57. The van der Waals surface area contributed by atoms with Gasteiger partial charge in [-0.3, -0.25) is 9.69 Å². The molecule has 5 rings (SSSR count). The van der Waals surface area contributed by atoms with Crippen LogP contribution in [0, 0.1) is 0 Å². The van der Waals surface area contributed by atoms with Gasteiger partial charge in [0.1, 0.15) is 6.26 Å². The lowest BCUT2D eigenvalue weighted by molar-refractivity contribution is -0.109. The zero-order chi connectivity index (χ0) is 24.1. The molecule has 5 heteroatoms. The van der Waals surface area contributed by atoms with Crippen LogP contribution >= 0.6 is 11.8 Å². The molecule has 1 aliphatic rings. The van der Waals surface area contributed by atoms with Gasteiger partial charge in [0.05, 0.1) is 11.7 Å². The molecule has 0 spiro atoms. The van der Waals surface area contributed by atoms with E-state index in [-0.39, 0.29) is 10.4 Å². The molecule has 0 N–H and O–H groups in total. The van der Waals surface area contributed by atoms with Crippen LogP contribution in [0.2, 0.25) is 0 Å². The molecule has 1 fully saturated rings. The van der Waals surface area contributed by atoms with Gasteiger partial charge in [0, 0.05) is 31.3 Å². The Kier molecular flexibility index (Phi) is 6.98. The molecular formula is C30H28N2O2S. The quantitative estimate of drug-likeness (QED) is 0.299. The van der Waals surface area contributed by atoms with Crippen LogP contribution in [0.25, 0.3) is 6.08 Å². The molecule has 0 aliphatic carbocycles. The molecule has 0 bridgehead atoms. The van der Waals surface area contributed by atoms with Crippen molar-refractivity contribution in [1.82, 2.24) is 9.88 Å². The van der Waals surface area contributed by atoms with Crippen molar-refractivity contribution < 1.29 is 9.21 Å².